The lowest BCUT2D eigenvalue weighted by Crippen LogP contribution is -2.36. The van der Waals surface area contributed by atoms with Crippen molar-refractivity contribution in [3.63, 3.8) is 0 Å². The summed E-state index contributed by atoms with van der Waals surface area (Å²) >= 11 is 3.19. The van der Waals surface area contributed by atoms with Crippen molar-refractivity contribution in [3.05, 3.63) is 63.6 Å². The number of amides is 1. The van der Waals surface area contributed by atoms with Gasteiger partial charge in [-0.3, -0.25) is 4.79 Å². The maximum Gasteiger partial charge on any atom is 0.259 e. The number of hydrogen-bond acceptors (Lipinski definition) is 1. The van der Waals surface area contributed by atoms with Crippen LogP contribution in [0.3, 0.4) is 0 Å². The first-order valence-corrected chi connectivity index (χ1v) is 7.41. The van der Waals surface area contributed by atoms with Crippen molar-refractivity contribution in [1.29, 1.82) is 0 Å². The largest absolute Gasteiger partial charge is 0.305 e. The summed E-state index contributed by atoms with van der Waals surface area (Å²) < 4.78 is 27.6. The number of benzene rings is 2. The molecule has 1 aliphatic heterocycles. The third kappa shape index (κ3) is 2.58. The molecule has 0 saturated heterocycles. The van der Waals surface area contributed by atoms with Gasteiger partial charge in [-0.1, -0.05) is 12.1 Å². The summed E-state index contributed by atoms with van der Waals surface area (Å²) in [4.78, 5) is 14.1. The van der Waals surface area contributed by atoms with E-state index in [9.17, 15) is 13.6 Å². The van der Waals surface area contributed by atoms with E-state index in [1.54, 1.807) is 6.07 Å². The molecule has 3 rings (SSSR count). The molecule has 0 fully saturated rings. The van der Waals surface area contributed by atoms with Crippen LogP contribution >= 0.6 is 15.9 Å². The molecule has 0 N–H and O–H groups in total. The van der Waals surface area contributed by atoms with E-state index in [0.29, 0.717) is 22.3 Å². The molecule has 21 heavy (non-hydrogen) atoms. The van der Waals surface area contributed by atoms with Gasteiger partial charge in [0.1, 0.15) is 11.6 Å². The predicted octanol–water partition coefficient (Wildman–Crippen LogP) is 4.32. The van der Waals surface area contributed by atoms with Crippen molar-refractivity contribution in [2.45, 2.75) is 12.8 Å². The SMILES string of the molecule is O=C(c1ccc(F)cc1Br)N1CCCc2cccc(F)c21. The van der Waals surface area contributed by atoms with Crippen molar-refractivity contribution in [3.8, 4) is 0 Å². The lowest BCUT2D eigenvalue weighted by atomic mass is 10.0. The molecule has 2 nitrogen and oxygen atoms in total. The van der Waals surface area contributed by atoms with Gasteiger partial charge in [-0.25, -0.2) is 8.78 Å². The fourth-order valence-corrected chi connectivity index (χ4v) is 3.14. The number of carbonyl (C=O) groups is 1. The third-order valence-corrected chi connectivity index (χ3v) is 4.23. The summed E-state index contributed by atoms with van der Waals surface area (Å²) in [6.07, 6.45) is 1.53. The topological polar surface area (TPSA) is 20.3 Å². The van der Waals surface area contributed by atoms with Crippen LogP contribution in [-0.2, 0) is 6.42 Å². The first kappa shape index (κ1) is 14.2. The van der Waals surface area contributed by atoms with Crippen molar-refractivity contribution in [1.82, 2.24) is 0 Å². The van der Waals surface area contributed by atoms with Gasteiger partial charge in [0.2, 0.25) is 0 Å². The minimum atomic E-state index is -0.427. The molecule has 0 aliphatic carbocycles. The summed E-state index contributed by atoms with van der Waals surface area (Å²) in [6, 6.07) is 8.71. The zero-order chi connectivity index (χ0) is 15.0. The van der Waals surface area contributed by atoms with Crippen LogP contribution in [0.5, 0.6) is 0 Å². The minimum absolute atomic E-state index is 0.326. The normalized spacial score (nSPS) is 14.0. The van der Waals surface area contributed by atoms with Gasteiger partial charge in [0.15, 0.2) is 0 Å². The van der Waals surface area contributed by atoms with E-state index in [1.165, 1.54) is 29.2 Å². The molecular weight excluding hydrogens is 340 g/mol. The standard InChI is InChI=1S/C16H12BrF2NO/c17-13-9-11(18)6-7-12(13)16(21)20-8-2-4-10-3-1-5-14(19)15(10)20/h1,3,5-7,9H,2,4,8H2. The molecule has 0 bridgehead atoms. The van der Waals surface area contributed by atoms with Crippen molar-refractivity contribution in [2.75, 3.05) is 11.4 Å². The third-order valence-electron chi connectivity index (χ3n) is 3.57. The molecule has 0 spiro atoms. The maximum absolute atomic E-state index is 14.1. The Labute approximate surface area is 129 Å². The van der Waals surface area contributed by atoms with Gasteiger partial charge in [0.05, 0.1) is 11.3 Å². The van der Waals surface area contributed by atoms with E-state index in [1.807, 2.05) is 6.07 Å². The highest BCUT2D eigenvalue weighted by molar-refractivity contribution is 9.10. The second kappa shape index (κ2) is 5.56. The van der Waals surface area contributed by atoms with Crippen LogP contribution in [0, 0.1) is 11.6 Å². The zero-order valence-corrected chi connectivity index (χ0v) is 12.7. The number of nitrogens with zero attached hydrogens (tertiary/aromatic N) is 1. The summed E-state index contributed by atoms with van der Waals surface area (Å²) in [5.74, 6) is -1.16. The maximum atomic E-state index is 14.1. The molecule has 5 heteroatoms. The van der Waals surface area contributed by atoms with Gasteiger partial charge >= 0.3 is 0 Å². The quantitative estimate of drug-likeness (QED) is 0.749. The highest BCUT2D eigenvalue weighted by atomic mass is 79.9. The molecule has 2 aromatic rings. The van der Waals surface area contributed by atoms with Crippen molar-refractivity contribution in [2.24, 2.45) is 0 Å². The lowest BCUT2D eigenvalue weighted by molar-refractivity contribution is 0.0983. The Morgan fingerprint density at radius 2 is 2.00 bits per heavy atom. The monoisotopic (exact) mass is 351 g/mol. The molecule has 0 aromatic heterocycles. The number of hydrogen-bond donors (Lipinski definition) is 0. The second-order valence-electron chi connectivity index (χ2n) is 4.93. The van der Waals surface area contributed by atoms with E-state index in [4.69, 9.17) is 0 Å². The van der Waals surface area contributed by atoms with Crippen molar-refractivity contribution < 1.29 is 13.6 Å². The number of halogens is 3. The van der Waals surface area contributed by atoms with Gasteiger partial charge in [0.25, 0.3) is 5.91 Å². The van der Waals surface area contributed by atoms with Crippen LogP contribution in [0.2, 0.25) is 0 Å². The van der Waals surface area contributed by atoms with Gasteiger partial charge in [-0.2, -0.15) is 0 Å². The highest BCUT2D eigenvalue weighted by Gasteiger charge is 2.27. The number of rotatable bonds is 1. The van der Waals surface area contributed by atoms with E-state index in [2.05, 4.69) is 15.9 Å². The first-order chi connectivity index (χ1) is 10.1. The fourth-order valence-electron chi connectivity index (χ4n) is 2.61. The Hall–Kier alpha value is -1.75. The Kier molecular flexibility index (Phi) is 3.76. The Bertz CT molecular complexity index is 717. The molecule has 1 aliphatic rings. The van der Waals surface area contributed by atoms with Gasteiger partial charge in [-0.15, -0.1) is 0 Å². The van der Waals surface area contributed by atoms with Crippen LogP contribution < -0.4 is 4.90 Å². The van der Waals surface area contributed by atoms with E-state index in [-0.39, 0.29) is 5.91 Å². The molecule has 0 atom stereocenters. The Morgan fingerprint density at radius 3 is 2.76 bits per heavy atom. The van der Waals surface area contributed by atoms with Crippen LogP contribution in [0.15, 0.2) is 40.9 Å². The van der Waals surface area contributed by atoms with Crippen molar-refractivity contribution >= 4 is 27.5 Å². The van der Waals surface area contributed by atoms with E-state index < -0.39 is 11.6 Å². The number of aryl methyl sites for hydroxylation is 1. The van der Waals surface area contributed by atoms with Gasteiger partial charge in [-0.05, 0) is 58.6 Å². The molecule has 1 amide bonds. The first-order valence-electron chi connectivity index (χ1n) is 6.62. The predicted molar refractivity (Wildman–Crippen MR) is 80.5 cm³/mol. The van der Waals surface area contributed by atoms with Crippen LogP contribution in [0.4, 0.5) is 14.5 Å². The number of anilines is 1. The summed E-state index contributed by atoms with van der Waals surface area (Å²) in [5, 5.41) is 0. The smallest absolute Gasteiger partial charge is 0.259 e. The molecule has 0 saturated carbocycles. The Balaban J connectivity index is 2.04. The molecule has 108 valence electrons. The molecule has 0 unspecified atom stereocenters. The molecular formula is C16H12BrF2NO. The minimum Gasteiger partial charge on any atom is -0.305 e. The van der Waals surface area contributed by atoms with E-state index in [0.717, 1.165) is 18.4 Å². The lowest BCUT2D eigenvalue weighted by Gasteiger charge is -2.30. The average molecular weight is 352 g/mol. The Morgan fingerprint density at radius 1 is 1.19 bits per heavy atom. The van der Waals surface area contributed by atoms with Crippen LogP contribution in [-0.4, -0.2) is 12.5 Å². The van der Waals surface area contributed by atoms with Crippen LogP contribution in [0.1, 0.15) is 22.3 Å². The molecule has 1 heterocycles. The van der Waals surface area contributed by atoms with Gasteiger partial charge in [0, 0.05) is 11.0 Å². The van der Waals surface area contributed by atoms with Gasteiger partial charge < -0.3 is 4.90 Å². The molecule has 0 radical (unpaired) electrons. The molecule has 2 aromatic carbocycles. The number of carbonyl (C=O) groups excluding carboxylic acids is 1. The highest BCUT2D eigenvalue weighted by Crippen LogP contribution is 2.32. The number of para-hydroxylation sites is 1. The zero-order valence-electron chi connectivity index (χ0n) is 11.1. The number of fused-ring (bicyclic) bond motifs is 1. The summed E-state index contributed by atoms with van der Waals surface area (Å²) in [6.45, 7) is 0.455. The van der Waals surface area contributed by atoms with E-state index >= 15 is 0 Å². The summed E-state index contributed by atoms with van der Waals surface area (Å²) in [7, 11) is 0. The van der Waals surface area contributed by atoms with Crippen LogP contribution in [0.25, 0.3) is 0 Å². The second-order valence-corrected chi connectivity index (χ2v) is 5.79. The fraction of sp³-hybridized carbons (Fsp3) is 0.188. The summed E-state index contributed by atoms with van der Waals surface area (Å²) in [5.41, 5.74) is 1.49. The average Bonchev–Trinajstić information content (AvgIpc) is 2.46.